The van der Waals surface area contributed by atoms with Crippen molar-refractivity contribution >= 4 is 17.5 Å². The minimum atomic E-state index is -0.538. The van der Waals surface area contributed by atoms with Gasteiger partial charge in [-0.1, -0.05) is 12.1 Å². The zero-order valence-corrected chi connectivity index (χ0v) is 16.3. The van der Waals surface area contributed by atoms with E-state index in [0.29, 0.717) is 17.6 Å². The monoisotopic (exact) mass is 387 g/mol. The standard InChI is InChI=1S/C21H21N7O/c1-13-10-23-21(26-17-11-24-28(12-17)18-7-8-18)27-19(13)15-3-5-16(6-4-15)20(29)25-14(2)9-22/h3-6,10-12,14,18H,7-8H2,1-2H3,(H,25,29)(H,23,26,27)/t14-/m0/s1. The number of hydrogen-bond donors (Lipinski definition) is 2. The molecule has 2 heterocycles. The molecule has 1 fully saturated rings. The van der Waals surface area contributed by atoms with Crippen molar-refractivity contribution in [1.29, 1.82) is 5.26 Å². The number of nitrogens with one attached hydrogen (secondary N) is 2. The van der Waals surface area contributed by atoms with Gasteiger partial charge in [0.2, 0.25) is 5.95 Å². The molecule has 146 valence electrons. The highest BCUT2D eigenvalue weighted by atomic mass is 16.1. The Labute approximate surface area is 168 Å². The van der Waals surface area contributed by atoms with Crippen molar-refractivity contribution in [1.82, 2.24) is 25.1 Å². The Morgan fingerprint density at radius 2 is 2.03 bits per heavy atom. The van der Waals surface area contributed by atoms with Gasteiger partial charge in [-0.2, -0.15) is 10.4 Å². The fraction of sp³-hybridized carbons (Fsp3) is 0.286. The number of anilines is 2. The number of aromatic nitrogens is 4. The van der Waals surface area contributed by atoms with Gasteiger partial charge in [-0.15, -0.1) is 0 Å². The smallest absolute Gasteiger partial charge is 0.252 e. The first-order valence-electron chi connectivity index (χ1n) is 9.49. The molecule has 2 aromatic heterocycles. The predicted octanol–water partition coefficient (Wildman–Crippen LogP) is 3.37. The van der Waals surface area contributed by atoms with E-state index in [-0.39, 0.29) is 5.91 Å². The SMILES string of the molecule is Cc1cnc(Nc2cnn(C3CC3)c2)nc1-c1ccc(C(=O)N[C@@H](C)C#N)cc1. The van der Waals surface area contributed by atoms with Gasteiger partial charge in [-0.05, 0) is 44.4 Å². The van der Waals surface area contributed by atoms with Crippen LogP contribution in [0, 0.1) is 18.3 Å². The van der Waals surface area contributed by atoms with Gasteiger partial charge < -0.3 is 10.6 Å². The van der Waals surface area contributed by atoms with E-state index in [9.17, 15) is 4.79 Å². The number of hydrogen-bond acceptors (Lipinski definition) is 6. The van der Waals surface area contributed by atoms with Crippen molar-refractivity contribution in [2.45, 2.75) is 38.8 Å². The van der Waals surface area contributed by atoms with E-state index in [4.69, 9.17) is 5.26 Å². The van der Waals surface area contributed by atoms with Crippen molar-refractivity contribution in [2.75, 3.05) is 5.32 Å². The molecule has 1 atom stereocenters. The van der Waals surface area contributed by atoms with Crippen LogP contribution >= 0.6 is 0 Å². The van der Waals surface area contributed by atoms with Crippen LogP contribution < -0.4 is 10.6 Å². The van der Waals surface area contributed by atoms with Gasteiger partial charge in [-0.25, -0.2) is 9.97 Å². The van der Waals surface area contributed by atoms with E-state index in [1.54, 1.807) is 31.5 Å². The van der Waals surface area contributed by atoms with Gasteiger partial charge >= 0.3 is 0 Å². The quantitative estimate of drug-likeness (QED) is 0.671. The number of nitriles is 1. The molecule has 8 heteroatoms. The highest BCUT2D eigenvalue weighted by molar-refractivity contribution is 5.95. The van der Waals surface area contributed by atoms with E-state index in [1.165, 1.54) is 12.8 Å². The molecular formula is C21H21N7O. The predicted molar refractivity (Wildman–Crippen MR) is 109 cm³/mol. The molecule has 0 bridgehead atoms. The average Bonchev–Trinajstić information content (AvgIpc) is 3.48. The Morgan fingerprint density at radius 1 is 1.28 bits per heavy atom. The summed E-state index contributed by atoms with van der Waals surface area (Å²) in [6.07, 6.45) is 7.86. The van der Waals surface area contributed by atoms with Crippen LogP contribution in [-0.2, 0) is 0 Å². The molecule has 1 amide bonds. The fourth-order valence-corrected chi connectivity index (χ4v) is 2.96. The lowest BCUT2D eigenvalue weighted by Gasteiger charge is -2.10. The van der Waals surface area contributed by atoms with Gasteiger partial charge in [0.15, 0.2) is 0 Å². The lowest BCUT2D eigenvalue weighted by Crippen LogP contribution is -2.31. The first-order chi connectivity index (χ1) is 14.0. The highest BCUT2D eigenvalue weighted by Crippen LogP contribution is 2.34. The van der Waals surface area contributed by atoms with Crippen LogP contribution in [0.15, 0.2) is 42.9 Å². The molecule has 1 aliphatic carbocycles. The summed E-state index contributed by atoms with van der Waals surface area (Å²) >= 11 is 0. The molecule has 1 aliphatic rings. The van der Waals surface area contributed by atoms with Crippen LogP contribution in [0.3, 0.4) is 0 Å². The molecule has 29 heavy (non-hydrogen) atoms. The zero-order chi connectivity index (χ0) is 20.4. The van der Waals surface area contributed by atoms with Crippen molar-refractivity contribution in [3.05, 3.63) is 54.0 Å². The summed E-state index contributed by atoms with van der Waals surface area (Å²) in [5.41, 5.74) is 3.94. The van der Waals surface area contributed by atoms with Crippen molar-refractivity contribution in [3.63, 3.8) is 0 Å². The number of aryl methyl sites for hydroxylation is 1. The van der Waals surface area contributed by atoms with Crippen LogP contribution in [0.4, 0.5) is 11.6 Å². The summed E-state index contributed by atoms with van der Waals surface area (Å²) in [6, 6.07) is 9.11. The second-order valence-electron chi connectivity index (χ2n) is 7.19. The first kappa shape index (κ1) is 18.6. The Hall–Kier alpha value is -3.73. The molecule has 3 aromatic rings. The molecule has 1 saturated carbocycles. The Bertz CT molecular complexity index is 1080. The van der Waals surface area contributed by atoms with Crippen LogP contribution in [0.25, 0.3) is 11.3 Å². The van der Waals surface area contributed by atoms with Gasteiger partial charge in [0.1, 0.15) is 6.04 Å². The van der Waals surface area contributed by atoms with Crippen molar-refractivity contribution in [3.8, 4) is 17.3 Å². The molecule has 0 saturated heterocycles. The molecule has 0 radical (unpaired) electrons. The third-order valence-corrected chi connectivity index (χ3v) is 4.71. The van der Waals surface area contributed by atoms with E-state index < -0.39 is 6.04 Å². The molecule has 2 N–H and O–H groups in total. The summed E-state index contributed by atoms with van der Waals surface area (Å²) in [5, 5.41) is 19.0. The molecule has 0 aliphatic heterocycles. The molecule has 1 aromatic carbocycles. The maximum atomic E-state index is 12.1. The summed E-state index contributed by atoms with van der Waals surface area (Å²) in [6.45, 7) is 3.58. The van der Waals surface area contributed by atoms with E-state index in [0.717, 1.165) is 22.5 Å². The minimum absolute atomic E-state index is 0.278. The van der Waals surface area contributed by atoms with Gasteiger partial charge in [-0.3, -0.25) is 9.48 Å². The maximum absolute atomic E-state index is 12.1. The summed E-state index contributed by atoms with van der Waals surface area (Å²) < 4.78 is 1.97. The Balaban J connectivity index is 1.52. The Kier molecular flexibility index (Phi) is 4.96. The lowest BCUT2D eigenvalue weighted by atomic mass is 10.1. The van der Waals surface area contributed by atoms with E-state index in [1.807, 2.05) is 36.0 Å². The van der Waals surface area contributed by atoms with Gasteiger partial charge in [0.25, 0.3) is 5.91 Å². The minimum Gasteiger partial charge on any atom is -0.337 e. The third kappa shape index (κ3) is 4.24. The molecule has 8 nitrogen and oxygen atoms in total. The van der Waals surface area contributed by atoms with E-state index >= 15 is 0 Å². The molecule has 0 unspecified atom stereocenters. The Morgan fingerprint density at radius 3 is 2.72 bits per heavy atom. The lowest BCUT2D eigenvalue weighted by molar-refractivity contribution is 0.0948. The summed E-state index contributed by atoms with van der Waals surface area (Å²) in [5.74, 6) is 0.214. The zero-order valence-electron chi connectivity index (χ0n) is 16.3. The number of amides is 1. The van der Waals surface area contributed by atoms with Crippen LogP contribution in [0.1, 0.15) is 41.7 Å². The topological polar surface area (TPSA) is 109 Å². The average molecular weight is 387 g/mol. The van der Waals surface area contributed by atoms with Gasteiger partial charge in [0, 0.05) is 23.5 Å². The number of nitrogens with zero attached hydrogens (tertiary/aromatic N) is 5. The highest BCUT2D eigenvalue weighted by Gasteiger charge is 2.24. The van der Waals surface area contributed by atoms with Crippen LogP contribution in [-0.4, -0.2) is 31.7 Å². The van der Waals surface area contributed by atoms with Crippen molar-refractivity contribution in [2.24, 2.45) is 0 Å². The largest absolute Gasteiger partial charge is 0.337 e. The van der Waals surface area contributed by atoms with Crippen molar-refractivity contribution < 1.29 is 4.79 Å². The number of carbonyl (C=O) groups excluding carboxylic acids is 1. The first-order valence-corrected chi connectivity index (χ1v) is 9.49. The van der Waals surface area contributed by atoms with Crippen LogP contribution in [0.5, 0.6) is 0 Å². The number of rotatable bonds is 6. The summed E-state index contributed by atoms with van der Waals surface area (Å²) in [7, 11) is 0. The second-order valence-corrected chi connectivity index (χ2v) is 7.19. The number of carbonyl (C=O) groups is 1. The fourth-order valence-electron chi connectivity index (χ4n) is 2.96. The number of benzene rings is 1. The molecular weight excluding hydrogens is 366 g/mol. The normalized spacial score (nSPS) is 14.1. The van der Waals surface area contributed by atoms with Crippen LogP contribution in [0.2, 0.25) is 0 Å². The van der Waals surface area contributed by atoms with E-state index in [2.05, 4.69) is 25.7 Å². The van der Waals surface area contributed by atoms with Gasteiger partial charge in [0.05, 0.1) is 29.7 Å². The maximum Gasteiger partial charge on any atom is 0.252 e. The molecule has 0 spiro atoms. The second kappa shape index (κ2) is 7.72. The summed E-state index contributed by atoms with van der Waals surface area (Å²) in [4.78, 5) is 21.1. The molecule has 4 rings (SSSR count). The third-order valence-electron chi connectivity index (χ3n) is 4.71.